The van der Waals surface area contributed by atoms with Crippen molar-refractivity contribution in [1.29, 1.82) is 0 Å². The first kappa shape index (κ1) is 17.0. The first-order chi connectivity index (χ1) is 11.5. The molecule has 2 aromatic rings. The summed E-state index contributed by atoms with van der Waals surface area (Å²) >= 11 is 7.88. The molecule has 2 amide bonds. The molecule has 6 heteroatoms. The Balaban J connectivity index is 1.86. The zero-order valence-electron chi connectivity index (χ0n) is 13.7. The Kier molecular flexibility index (Phi) is 4.92. The summed E-state index contributed by atoms with van der Waals surface area (Å²) in [7, 11) is 1.79. The number of carbonyl (C=O) groups is 2. The SMILES string of the molecule is CC(c1cccs1)N(C)C(=O)c1ccc(Cl)c(N2CCCC2=O)c1. The van der Waals surface area contributed by atoms with Crippen LogP contribution in [0, 0.1) is 0 Å². The average Bonchev–Trinajstić information content (AvgIpc) is 3.25. The third-order valence-electron chi connectivity index (χ3n) is 4.41. The van der Waals surface area contributed by atoms with Crippen molar-refractivity contribution >= 4 is 40.4 Å². The smallest absolute Gasteiger partial charge is 0.254 e. The third-order valence-corrected chi connectivity index (χ3v) is 5.78. The van der Waals surface area contributed by atoms with Crippen molar-refractivity contribution < 1.29 is 9.59 Å². The van der Waals surface area contributed by atoms with Crippen molar-refractivity contribution in [3.63, 3.8) is 0 Å². The van der Waals surface area contributed by atoms with Gasteiger partial charge in [0.05, 0.1) is 16.8 Å². The predicted molar refractivity (Wildman–Crippen MR) is 97.9 cm³/mol. The maximum atomic E-state index is 12.8. The molecule has 1 saturated heterocycles. The highest BCUT2D eigenvalue weighted by molar-refractivity contribution is 7.10. The molecule has 1 unspecified atom stereocenters. The van der Waals surface area contributed by atoms with Gasteiger partial charge in [-0.2, -0.15) is 0 Å². The van der Waals surface area contributed by atoms with E-state index in [2.05, 4.69) is 0 Å². The molecule has 1 atom stereocenters. The fourth-order valence-corrected chi connectivity index (χ4v) is 3.90. The standard InChI is InChI=1S/C18H19ClN2O2S/c1-12(16-5-4-10-24-16)20(2)18(23)13-7-8-14(19)15(11-13)21-9-3-6-17(21)22/h4-5,7-8,10-12H,3,6,9H2,1-2H3. The van der Waals surface area contributed by atoms with Crippen molar-refractivity contribution in [2.24, 2.45) is 0 Å². The van der Waals surface area contributed by atoms with Gasteiger partial charge < -0.3 is 9.80 Å². The topological polar surface area (TPSA) is 40.6 Å². The van der Waals surface area contributed by atoms with Crippen LogP contribution in [0.15, 0.2) is 35.7 Å². The van der Waals surface area contributed by atoms with Crippen LogP contribution < -0.4 is 4.90 Å². The van der Waals surface area contributed by atoms with Crippen LogP contribution in [-0.2, 0) is 4.79 Å². The Hall–Kier alpha value is -1.85. The molecule has 0 spiro atoms. The van der Waals surface area contributed by atoms with Crippen molar-refractivity contribution in [2.45, 2.75) is 25.8 Å². The number of halogens is 1. The minimum absolute atomic E-state index is 0.00922. The number of benzene rings is 1. The van der Waals surface area contributed by atoms with Gasteiger partial charge in [0.1, 0.15) is 0 Å². The molecule has 1 aliphatic heterocycles. The Morgan fingerprint density at radius 2 is 2.17 bits per heavy atom. The number of thiophene rings is 1. The third kappa shape index (κ3) is 3.19. The van der Waals surface area contributed by atoms with Crippen molar-refractivity contribution in [3.8, 4) is 0 Å². The van der Waals surface area contributed by atoms with Gasteiger partial charge in [-0.05, 0) is 43.0 Å². The van der Waals surface area contributed by atoms with Gasteiger partial charge in [-0.15, -0.1) is 11.3 Å². The van der Waals surface area contributed by atoms with Crippen LogP contribution in [0.2, 0.25) is 5.02 Å². The zero-order chi connectivity index (χ0) is 17.3. The minimum atomic E-state index is -0.0829. The Morgan fingerprint density at radius 1 is 1.38 bits per heavy atom. The number of amides is 2. The van der Waals surface area contributed by atoms with E-state index in [4.69, 9.17) is 11.6 Å². The van der Waals surface area contributed by atoms with Crippen LogP contribution in [0.4, 0.5) is 5.69 Å². The fourth-order valence-electron chi connectivity index (χ4n) is 2.85. The second-order valence-electron chi connectivity index (χ2n) is 5.92. The van der Waals surface area contributed by atoms with E-state index in [0.29, 0.717) is 29.2 Å². The van der Waals surface area contributed by atoms with E-state index in [9.17, 15) is 9.59 Å². The van der Waals surface area contributed by atoms with Crippen molar-refractivity contribution in [1.82, 2.24) is 4.90 Å². The number of rotatable bonds is 4. The number of hydrogen-bond acceptors (Lipinski definition) is 3. The molecule has 2 heterocycles. The summed E-state index contributed by atoms with van der Waals surface area (Å²) in [4.78, 5) is 29.3. The highest BCUT2D eigenvalue weighted by Crippen LogP contribution is 2.32. The van der Waals surface area contributed by atoms with Crippen molar-refractivity contribution in [2.75, 3.05) is 18.5 Å². The van der Waals surface area contributed by atoms with Gasteiger partial charge in [0.15, 0.2) is 0 Å². The van der Waals surface area contributed by atoms with Crippen LogP contribution >= 0.6 is 22.9 Å². The number of hydrogen-bond donors (Lipinski definition) is 0. The summed E-state index contributed by atoms with van der Waals surface area (Å²) in [5.74, 6) is -0.0257. The first-order valence-corrected chi connectivity index (χ1v) is 9.15. The first-order valence-electron chi connectivity index (χ1n) is 7.89. The molecule has 1 aliphatic rings. The molecular weight excluding hydrogens is 344 g/mol. The largest absolute Gasteiger partial charge is 0.334 e. The summed E-state index contributed by atoms with van der Waals surface area (Å²) < 4.78 is 0. The quantitative estimate of drug-likeness (QED) is 0.810. The molecule has 0 N–H and O–H groups in total. The molecule has 126 valence electrons. The minimum Gasteiger partial charge on any atom is -0.334 e. The summed E-state index contributed by atoms with van der Waals surface area (Å²) in [6.07, 6.45) is 1.35. The van der Waals surface area contributed by atoms with E-state index < -0.39 is 0 Å². The molecule has 1 aromatic carbocycles. The molecule has 1 fully saturated rings. The molecule has 0 aliphatic carbocycles. The Morgan fingerprint density at radius 3 is 2.79 bits per heavy atom. The summed E-state index contributed by atoms with van der Waals surface area (Å²) in [6.45, 7) is 2.65. The summed E-state index contributed by atoms with van der Waals surface area (Å²) in [6, 6.07) is 9.13. The van der Waals surface area contributed by atoms with Gasteiger partial charge >= 0.3 is 0 Å². The lowest BCUT2D eigenvalue weighted by atomic mass is 10.1. The molecule has 1 aromatic heterocycles. The Labute approximate surface area is 150 Å². The number of anilines is 1. The van der Waals surface area contributed by atoms with Gasteiger partial charge in [0.2, 0.25) is 5.91 Å². The zero-order valence-corrected chi connectivity index (χ0v) is 15.2. The highest BCUT2D eigenvalue weighted by Gasteiger charge is 2.26. The number of carbonyl (C=O) groups excluding carboxylic acids is 2. The lowest BCUT2D eigenvalue weighted by molar-refractivity contribution is -0.117. The van der Waals surface area contributed by atoms with E-state index >= 15 is 0 Å². The molecule has 4 nitrogen and oxygen atoms in total. The fraction of sp³-hybridized carbons (Fsp3) is 0.333. The second-order valence-corrected chi connectivity index (χ2v) is 7.31. The molecule has 3 rings (SSSR count). The summed E-state index contributed by atoms with van der Waals surface area (Å²) in [5.41, 5.74) is 1.17. The van der Waals surface area contributed by atoms with Crippen molar-refractivity contribution in [3.05, 3.63) is 51.2 Å². The predicted octanol–water partition coefficient (Wildman–Crippen LogP) is 4.36. The molecule has 0 radical (unpaired) electrons. The van der Waals surface area contributed by atoms with Gasteiger partial charge in [-0.3, -0.25) is 9.59 Å². The van der Waals surface area contributed by atoms with Gasteiger partial charge in [0, 0.05) is 30.5 Å². The van der Waals surface area contributed by atoms with Gasteiger partial charge in [-0.1, -0.05) is 17.7 Å². The Bertz CT molecular complexity index is 760. The van der Waals surface area contributed by atoms with E-state index in [-0.39, 0.29) is 17.9 Å². The molecule has 24 heavy (non-hydrogen) atoms. The molecule has 0 saturated carbocycles. The van der Waals surface area contributed by atoms with Crippen LogP contribution in [0.5, 0.6) is 0 Å². The van der Waals surface area contributed by atoms with Gasteiger partial charge in [0.25, 0.3) is 5.91 Å². The van der Waals surface area contributed by atoms with Gasteiger partial charge in [-0.25, -0.2) is 0 Å². The summed E-state index contributed by atoms with van der Waals surface area (Å²) in [5, 5.41) is 2.50. The van der Waals surface area contributed by atoms with Crippen LogP contribution in [0.25, 0.3) is 0 Å². The monoisotopic (exact) mass is 362 g/mol. The number of nitrogens with zero attached hydrogens (tertiary/aromatic N) is 2. The highest BCUT2D eigenvalue weighted by atomic mass is 35.5. The lowest BCUT2D eigenvalue weighted by Gasteiger charge is -2.25. The van der Waals surface area contributed by atoms with E-state index in [1.165, 1.54) is 0 Å². The second kappa shape index (κ2) is 6.95. The lowest BCUT2D eigenvalue weighted by Crippen LogP contribution is -2.30. The van der Waals surface area contributed by atoms with E-state index in [1.807, 2.05) is 24.4 Å². The normalized spacial score (nSPS) is 15.6. The maximum Gasteiger partial charge on any atom is 0.254 e. The average molecular weight is 363 g/mol. The van der Waals surface area contributed by atoms with E-state index in [0.717, 1.165) is 11.3 Å². The van der Waals surface area contributed by atoms with Crippen LogP contribution in [0.1, 0.15) is 41.0 Å². The molecule has 0 bridgehead atoms. The maximum absolute atomic E-state index is 12.8. The van der Waals surface area contributed by atoms with Crippen LogP contribution in [-0.4, -0.2) is 30.3 Å². The van der Waals surface area contributed by atoms with E-state index in [1.54, 1.807) is 46.4 Å². The van der Waals surface area contributed by atoms with Crippen LogP contribution in [0.3, 0.4) is 0 Å². The molecular formula is C18H19ClN2O2S.